The maximum Gasteiger partial charge on any atom is 0.417 e. The van der Waals surface area contributed by atoms with Crippen molar-refractivity contribution < 1.29 is 45.6 Å². The number of aliphatic hydroxyl groups is 2. The van der Waals surface area contributed by atoms with Crippen molar-refractivity contribution in [2.24, 2.45) is 0 Å². The highest BCUT2D eigenvalue weighted by atomic mass is 19.4. The molecule has 4 aromatic carbocycles. The van der Waals surface area contributed by atoms with Crippen LogP contribution in [0, 0.1) is 13.8 Å². The van der Waals surface area contributed by atoms with Crippen LogP contribution in [-0.4, -0.2) is 40.5 Å². The van der Waals surface area contributed by atoms with Gasteiger partial charge in [-0.3, -0.25) is 9.97 Å². The molecule has 0 amide bonds. The van der Waals surface area contributed by atoms with Crippen LogP contribution in [0.1, 0.15) is 33.6 Å². The van der Waals surface area contributed by atoms with E-state index in [4.69, 9.17) is 14.2 Å². The van der Waals surface area contributed by atoms with E-state index in [1.807, 2.05) is 0 Å². The molecule has 2 N–H and O–H groups in total. The van der Waals surface area contributed by atoms with E-state index in [-0.39, 0.29) is 47.5 Å². The maximum absolute atomic E-state index is 13.8. The number of benzene rings is 4. The number of rotatable bonds is 8. The monoisotopic (exact) mass is 822 g/mol. The summed E-state index contributed by atoms with van der Waals surface area (Å²) in [7, 11) is 0. The van der Waals surface area contributed by atoms with Gasteiger partial charge in [0.1, 0.15) is 0 Å². The second kappa shape index (κ2) is 17.1. The number of hydrogen-bond acceptors (Lipinski definition) is 10. The third kappa shape index (κ3) is 8.99. The highest BCUT2D eigenvalue weighted by Crippen LogP contribution is 2.41. The number of aromatic nitrogens is 6. The predicted molar refractivity (Wildman–Crippen MR) is 208 cm³/mol. The Labute approximate surface area is 337 Å². The Morgan fingerprint density at radius 3 is 1.65 bits per heavy atom. The molecule has 0 spiro atoms. The van der Waals surface area contributed by atoms with Gasteiger partial charge in [0.25, 0.3) is 11.8 Å². The lowest BCUT2D eigenvalue weighted by molar-refractivity contribution is -0.137. The average Bonchev–Trinajstić information content (AvgIpc) is 3.95. The minimum absolute atomic E-state index is 0.0332. The van der Waals surface area contributed by atoms with E-state index < -0.39 is 23.5 Å². The van der Waals surface area contributed by atoms with Gasteiger partial charge in [0.2, 0.25) is 11.6 Å². The van der Waals surface area contributed by atoms with Gasteiger partial charge < -0.3 is 19.3 Å². The molecule has 0 bridgehead atoms. The summed E-state index contributed by atoms with van der Waals surface area (Å²) >= 11 is 0. The lowest BCUT2D eigenvalue weighted by atomic mass is 9.94. The summed E-state index contributed by atoms with van der Waals surface area (Å²) in [6, 6.07) is 27.9. The highest BCUT2D eigenvalue weighted by molar-refractivity contribution is 5.76. The summed E-state index contributed by atoms with van der Waals surface area (Å²) in [5.74, 6) is 0.731. The Kier molecular flexibility index (Phi) is 11.7. The Morgan fingerprint density at radius 1 is 0.500 bits per heavy atom. The average molecular weight is 823 g/mol. The molecule has 0 atom stereocenters. The van der Waals surface area contributed by atoms with Crippen LogP contribution in [0.15, 0.2) is 131 Å². The van der Waals surface area contributed by atoms with Gasteiger partial charge in [-0.05, 0) is 102 Å². The molecule has 4 heterocycles. The molecule has 8 rings (SSSR count). The molecule has 0 fully saturated rings. The van der Waals surface area contributed by atoms with Crippen molar-refractivity contribution in [1.82, 2.24) is 30.2 Å². The Balaban J connectivity index is 0.000000181. The third-order valence-corrected chi connectivity index (χ3v) is 9.34. The minimum Gasteiger partial charge on any atom is -0.390 e. The fourth-order valence-electron chi connectivity index (χ4n) is 6.36. The number of pyridine rings is 2. The van der Waals surface area contributed by atoms with Gasteiger partial charge >= 0.3 is 12.4 Å². The topological polar surface area (TPSA) is 144 Å². The van der Waals surface area contributed by atoms with E-state index in [1.54, 1.807) is 86.6 Å². The van der Waals surface area contributed by atoms with E-state index in [1.165, 1.54) is 36.7 Å². The number of alkyl halides is 6. The molecule has 4 aromatic heterocycles. The lowest BCUT2D eigenvalue weighted by Crippen LogP contribution is -2.08. The summed E-state index contributed by atoms with van der Waals surface area (Å²) in [4.78, 5) is 16.6. The largest absolute Gasteiger partial charge is 0.417 e. The van der Waals surface area contributed by atoms with Crippen molar-refractivity contribution in [1.29, 1.82) is 0 Å². The van der Waals surface area contributed by atoms with Crippen LogP contribution in [0.3, 0.4) is 0 Å². The summed E-state index contributed by atoms with van der Waals surface area (Å²) in [6.07, 6.45) is -5.99. The first-order valence-electron chi connectivity index (χ1n) is 18.1. The summed E-state index contributed by atoms with van der Waals surface area (Å²) in [5.41, 5.74) is 3.99. The van der Waals surface area contributed by atoms with Gasteiger partial charge in [0, 0.05) is 34.6 Å². The molecule has 10 nitrogen and oxygen atoms in total. The van der Waals surface area contributed by atoms with Crippen molar-refractivity contribution >= 4 is 0 Å². The number of aryl methyl sites for hydroxylation is 2. The Morgan fingerprint density at radius 2 is 1.05 bits per heavy atom. The number of hydrogen-bond donors (Lipinski definition) is 2. The molecule has 16 heteroatoms. The normalized spacial score (nSPS) is 11.6. The highest BCUT2D eigenvalue weighted by Gasteiger charge is 2.35. The van der Waals surface area contributed by atoms with Crippen molar-refractivity contribution in [3.63, 3.8) is 0 Å². The van der Waals surface area contributed by atoms with E-state index in [0.29, 0.717) is 50.6 Å². The standard InChI is InChI=1S/2C22H16F3N3O2/c1-13-10-14(7-9-17(13)18-4-2-3-5-19(18)22(23,24)25)21-27-20(28-30-21)15-6-8-16(12-29)26-11-15;1-13-4-2-3-5-17(13)18-7-6-15(11-19(18)22(23,24)25)21-27-20(28-30-21)14-8-9-26-16(10-14)12-29/h2*2-11,29H,12H2,1H3. The summed E-state index contributed by atoms with van der Waals surface area (Å²) < 4.78 is 92.1. The van der Waals surface area contributed by atoms with Gasteiger partial charge in [-0.2, -0.15) is 36.3 Å². The molecule has 0 aliphatic rings. The zero-order valence-corrected chi connectivity index (χ0v) is 31.6. The van der Waals surface area contributed by atoms with Crippen LogP contribution in [0.4, 0.5) is 26.3 Å². The fourth-order valence-corrected chi connectivity index (χ4v) is 6.36. The van der Waals surface area contributed by atoms with Crippen LogP contribution < -0.4 is 0 Å². The predicted octanol–water partition coefficient (Wildman–Crippen LogP) is 10.6. The fraction of sp³-hybridized carbons (Fsp3) is 0.136. The first kappa shape index (κ1) is 41.1. The van der Waals surface area contributed by atoms with Crippen LogP contribution in [0.2, 0.25) is 0 Å². The van der Waals surface area contributed by atoms with E-state index in [0.717, 1.165) is 17.7 Å². The zero-order valence-electron chi connectivity index (χ0n) is 31.6. The zero-order chi connectivity index (χ0) is 42.6. The summed E-state index contributed by atoms with van der Waals surface area (Å²) in [6.45, 7) is 3.08. The van der Waals surface area contributed by atoms with Gasteiger partial charge in [-0.1, -0.05) is 64.9 Å². The Hall–Kier alpha value is -7.04. The van der Waals surface area contributed by atoms with Gasteiger partial charge in [-0.15, -0.1) is 0 Å². The molecule has 0 saturated heterocycles. The molecular weight excluding hydrogens is 791 g/mol. The molecule has 60 heavy (non-hydrogen) atoms. The molecule has 0 unspecified atom stereocenters. The first-order chi connectivity index (χ1) is 28.7. The smallest absolute Gasteiger partial charge is 0.390 e. The van der Waals surface area contributed by atoms with Gasteiger partial charge in [0.05, 0.1) is 35.7 Å². The first-order valence-corrected chi connectivity index (χ1v) is 18.1. The van der Waals surface area contributed by atoms with Gasteiger partial charge in [0.15, 0.2) is 0 Å². The quantitative estimate of drug-likeness (QED) is 0.142. The summed E-state index contributed by atoms with van der Waals surface area (Å²) in [5, 5.41) is 26.1. The van der Waals surface area contributed by atoms with Crippen LogP contribution in [0.25, 0.3) is 67.9 Å². The molecule has 0 aliphatic heterocycles. The molecule has 304 valence electrons. The van der Waals surface area contributed by atoms with Crippen molar-refractivity contribution in [3.8, 4) is 67.9 Å². The molecule has 8 aromatic rings. The van der Waals surface area contributed by atoms with E-state index >= 15 is 0 Å². The maximum atomic E-state index is 13.8. The van der Waals surface area contributed by atoms with Crippen LogP contribution in [0.5, 0.6) is 0 Å². The van der Waals surface area contributed by atoms with Crippen molar-refractivity contribution in [3.05, 3.63) is 155 Å². The van der Waals surface area contributed by atoms with Crippen LogP contribution in [-0.2, 0) is 25.6 Å². The lowest BCUT2D eigenvalue weighted by Gasteiger charge is -2.15. The minimum atomic E-state index is -4.56. The molecule has 0 saturated carbocycles. The van der Waals surface area contributed by atoms with E-state index in [2.05, 4.69) is 30.2 Å². The number of nitrogens with zero attached hydrogens (tertiary/aromatic N) is 6. The van der Waals surface area contributed by atoms with Crippen molar-refractivity contribution in [2.45, 2.75) is 39.4 Å². The number of aliphatic hydroxyl groups excluding tert-OH is 2. The third-order valence-electron chi connectivity index (χ3n) is 9.34. The van der Waals surface area contributed by atoms with Gasteiger partial charge in [-0.25, -0.2) is 0 Å². The Bertz CT molecular complexity index is 2760. The number of halogens is 6. The molecular formula is C44H32F6N6O4. The van der Waals surface area contributed by atoms with Crippen LogP contribution >= 0.6 is 0 Å². The molecule has 0 aliphatic carbocycles. The SMILES string of the molecule is Cc1cc(-c2nc(-c3ccc(CO)nc3)no2)ccc1-c1ccccc1C(F)(F)F.Cc1ccccc1-c1ccc(-c2nc(-c3ccnc(CO)c3)no2)cc1C(F)(F)F. The molecule has 0 radical (unpaired) electrons. The van der Waals surface area contributed by atoms with Crippen molar-refractivity contribution in [2.75, 3.05) is 0 Å². The van der Waals surface area contributed by atoms with E-state index in [9.17, 15) is 31.4 Å². The second-order valence-electron chi connectivity index (χ2n) is 13.4. The second-order valence-corrected chi connectivity index (χ2v) is 13.4.